The van der Waals surface area contributed by atoms with Crippen molar-refractivity contribution in [3.05, 3.63) is 65.7 Å². The van der Waals surface area contributed by atoms with Crippen molar-refractivity contribution in [2.45, 2.75) is 135 Å². The maximum atomic E-state index is 14.1. The summed E-state index contributed by atoms with van der Waals surface area (Å²) >= 11 is 0. The summed E-state index contributed by atoms with van der Waals surface area (Å²) in [6, 6.07) is 8.19. The normalized spacial score (nSPS) is 16.4. The Morgan fingerprint density at radius 1 is 0.754 bits per heavy atom. The van der Waals surface area contributed by atoms with E-state index < -0.39 is 89.4 Å². The molecule has 0 radical (unpaired) electrons. The summed E-state index contributed by atoms with van der Waals surface area (Å²) in [5, 5.41) is 33.2. The molecule has 336 valence electrons. The Morgan fingerprint density at radius 3 is 1.89 bits per heavy atom. The largest absolute Gasteiger partial charge is 0.508 e. The summed E-state index contributed by atoms with van der Waals surface area (Å²) in [7, 11) is 0. The average Bonchev–Trinajstić information content (AvgIpc) is 3.68. The Morgan fingerprint density at radius 2 is 1.31 bits per heavy atom. The van der Waals surface area contributed by atoms with Crippen LogP contribution in [0.5, 0.6) is 5.75 Å². The van der Waals surface area contributed by atoms with Gasteiger partial charge in [-0.1, -0.05) is 70.2 Å². The fraction of sp³-hybridized carbons (Fsp3) is 0.568. The van der Waals surface area contributed by atoms with Crippen molar-refractivity contribution in [1.29, 1.82) is 0 Å². The van der Waals surface area contributed by atoms with Gasteiger partial charge in [-0.15, -0.1) is 0 Å². The molecule has 0 aliphatic carbocycles. The number of amides is 6. The van der Waals surface area contributed by atoms with Crippen LogP contribution in [0.4, 0.5) is 4.79 Å². The van der Waals surface area contributed by atoms with E-state index in [1.54, 1.807) is 71.0 Å². The summed E-state index contributed by atoms with van der Waals surface area (Å²) in [5.41, 5.74) is 6.29. The smallest absolute Gasteiger partial charge is 0.408 e. The van der Waals surface area contributed by atoms with Crippen molar-refractivity contribution in [2.75, 3.05) is 13.1 Å². The minimum Gasteiger partial charge on any atom is -0.508 e. The lowest BCUT2D eigenvalue weighted by Crippen LogP contribution is -2.60. The molecule has 17 nitrogen and oxygen atoms in total. The number of phenols is 1. The van der Waals surface area contributed by atoms with Gasteiger partial charge in [0.15, 0.2) is 0 Å². The highest BCUT2D eigenvalue weighted by atomic mass is 16.6. The van der Waals surface area contributed by atoms with E-state index in [1.165, 1.54) is 17.0 Å². The minimum atomic E-state index is -1.20. The van der Waals surface area contributed by atoms with Gasteiger partial charge < -0.3 is 52.2 Å². The van der Waals surface area contributed by atoms with Gasteiger partial charge in [-0.05, 0) is 94.5 Å². The summed E-state index contributed by atoms with van der Waals surface area (Å²) in [5.74, 6) is -4.99. The quantitative estimate of drug-likeness (QED) is 0.0906. The lowest BCUT2D eigenvalue weighted by molar-refractivity contribution is -0.149. The van der Waals surface area contributed by atoms with Crippen LogP contribution in [0.2, 0.25) is 0 Å². The van der Waals surface area contributed by atoms with Gasteiger partial charge >= 0.3 is 12.1 Å². The molecule has 17 heteroatoms. The summed E-state index contributed by atoms with van der Waals surface area (Å²) in [4.78, 5) is 95.9. The Hall–Kier alpha value is -5.71. The lowest BCUT2D eigenvalue weighted by atomic mass is 9.99. The van der Waals surface area contributed by atoms with E-state index in [0.717, 1.165) is 5.56 Å². The second-order valence-corrected chi connectivity index (χ2v) is 17.3. The van der Waals surface area contributed by atoms with Crippen molar-refractivity contribution in [1.82, 2.24) is 31.5 Å². The Balaban J connectivity index is 1.83. The number of phenolic OH excluding ortho intramolecular Hbond substituents is 1. The molecule has 6 atom stereocenters. The summed E-state index contributed by atoms with van der Waals surface area (Å²) < 4.78 is 5.39. The Bertz CT molecular complexity index is 1800. The van der Waals surface area contributed by atoms with E-state index >= 15 is 0 Å². The number of ether oxygens (including phenoxy) is 1. The van der Waals surface area contributed by atoms with Crippen molar-refractivity contribution >= 4 is 41.6 Å². The first kappa shape index (κ1) is 49.7. The van der Waals surface area contributed by atoms with Crippen molar-refractivity contribution in [2.24, 2.45) is 17.6 Å². The number of carboxylic acids is 1. The van der Waals surface area contributed by atoms with Gasteiger partial charge in [-0.3, -0.25) is 24.0 Å². The molecule has 1 fully saturated rings. The predicted octanol–water partition coefficient (Wildman–Crippen LogP) is 2.53. The van der Waals surface area contributed by atoms with Gasteiger partial charge in [0.1, 0.15) is 47.6 Å². The molecule has 0 unspecified atom stereocenters. The van der Waals surface area contributed by atoms with E-state index in [4.69, 9.17) is 10.5 Å². The third-order valence-corrected chi connectivity index (χ3v) is 10.0. The van der Waals surface area contributed by atoms with E-state index in [9.17, 15) is 43.8 Å². The number of nitrogens with one attached hydrogen (secondary N) is 5. The molecule has 2 aromatic carbocycles. The van der Waals surface area contributed by atoms with Crippen LogP contribution in [-0.2, 0) is 46.3 Å². The molecule has 2 aromatic rings. The predicted molar refractivity (Wildman–Crippen MR) is 228 cm³/mol. The topological polar surface area (TPSA) is 259 Å². The fourth-order valence-electron chi connectivity index (χ4n) is 6.95. The number of hydrogen-bond acceptors (Lipinski definition) is 10. The fourth-order valence-corrected chi connectivity index (χ4v) is 6.95. The zero-order chi connectivity index (χ0) is 45.4. The van der Waals surface area contributed by atoms with Crippen LogP contribution >= 0.6 is 0 Å². The van der Waals surface area contributed by atoms with Gasteiger partial charge in [0.25, 0.3) is 0 Å². The number of aliphatic carboxylic acids is 1. The maximum Gasteiger partial charge on any atom is 0.408 e. The highest BCUT2D eigenvalue weighted by Gasteiger charge is 2.39. The van der Waals surface area contributed by atoms with E-state index in [0.29, 0.717) is 24.8 Å². The number of alkyl carbamates (subject to hydrolysis) is 1. The maximum absolute atomic E-state index is 14.1. The lowest BCUT2D eigenvalue weighted by Gasteiger charge is -2.30. The second kappa shape index (κ2) is 23.3. The average molecular weight is 852 g/mol. The molecular weight excluding hydrogens is 787 g/mol. The second-order valence-electron chi connectivity index (χ2n) is 17.3. The van der Waals surface area contributed by atoms with Gasteiger partial charge in [-0.25, -0.2) is 9.59 Å². The molecule has 0 saturated carbocycles. The van der Waals surface area contributed by atoms with Crippen LogP contribution in [0, 0.1) is 11.8 Å². The number of benzene rings is 2. The molecule has 1 heterocycles. The van der Waals surface area contributed by atoms with Crippen LogP contribution in [0.1, 0.15) is 91.7 Å². The molecule has 1 saturated heterocycles. The van der Waals surface area contributed by atoms with Gasteiger partial charge in [-0.2, -0.15) is 0 Å². The molecule has 0 spiro atoms. The number of likely N-dealkylation sites (tertiary alicyclic amines) is 1. The third kappa shape index (κ3) is 16.3. The highest BCUT2D eigenvalue weighted by molar-refractivity contribution is 5.97. The first-order chi connectivity index (χ1) is 28.7. The molecule has 61 heavy (non-hydrogen) atoms. The molecule has 0 bridgehead atoms. The SMILES string of the molecule is CC(C)C[C@H](NC(=O)[C@H](CCCN)NC(=O)[C@@H](NC(=O)[C@@H](Cc1ccc(O)cc1)NC(=O)OC(C)(C)C)C(C)C)C(=O)N[C@H](Cc1ccccc1)C(=O)N1CCC[C@H]1C(=O)O. The van der Waals surface area contributed by atoms with E-state index in [-0.39, 0.29) is 50.4 Å². The number of aromatic hydroxyl groups is 1. The van der Waals surface area contributed by atoms with E-state index in [1.807, 2.05) is 19.9 Å². The first-order valence-corrected chi connectivity index (χ1v) is 20.9. The molecule has 3 rings (SSSR count). The van der Waals surface area contributed by atoms with Crippen LogP contribution in [0.25, 0.3) is 0 Å². The molecule has 9 N–H and O–H groups in total. The molecule has 0 aromatic heterocycles. The van der Waals surface area contributed by atoms with E-state index in [2.05, 4.69) is 26.6 Å². The van der Waals surface area contributed by atoms with Gasteiger partial charge in [0.2, 0.25) is 29.5 Å². The third-order valence-electron chi connectivity index (χ3n) is 10.0. The number of hydrogen-bond donors (Lipinski definition) is 8. The monoisotopic (exact) mass is 851 g/mol. The summed E-state index contributed by atoms with van der Waals surface area (Å²) in [6.07, 6.45) is 0.591. The number of carbonyl (C=O) groups excluding carboxylic acids is 6. The Kier molecular flexibility index (Phi) is 19.0. The van der Waals surface area contributed by atoms with Crippen molar-refractivity contribution in [3.8, 4) is 5.75 Å². The zero-order valence-electron chi connectivity index (χ0n) is 36.4. The number of nitrogens with zero attached hydrogens (tertiary/aromatic N) is 1. The van der Waals surface area contributed by atoms with Crippen LogP contribution < -0.4 is 32.3 Å². The number of carbonyl (C=O) groups is 7. The number of carboxylic acid groups (broad SMARTS) is 1. The molecule has 1 aliphatic rings. The van der Waals surface area contributed by atoms with Crippen LogP contribution in [0.15, 0.2) is 54.6 Å². The first-order valence-electron chi connectivity index (χ1n) is 20.9. The zero-order valence-corrected chi connectivity index (χ0v) is 36.4. The number of rotatable bonds is 21. The molecule has 1 aliphatic heterocycles. The number of nitrogens with two attached hydrogens (primary N) is 1. The van der Waals surface area contributed by atoms with Gasteiger partial charge in [0, 0.05) is 19.4 Å². The van der Waals surface area contributed by atoms with Gasteiger partial charge in [0.05, 0.1) is 0 Å². The minimum absolute atomic E-state index is 0.00536. The Labute approximate surface area is 358 Å². The van der Waals surface area contributed by atoms with Crippen LogP contribution in [-0.4, -0.2) is 112 Å². The molecule has 6 amide bonds. The van der Waals surface area contributed by atoms with Crippen molar-refractivity contribution < 1.29 is 48.5 Å². The summed E-state index contributed by atoms with van der Waals surface area (Å²) in [6.45, 7) is 12.5. The highest BCUT2D eigenvalue weighted by Crippen LogP contribution is 2.20. The van der Waals surface area contributed by atoms with Crippen LogP contribution in [0.3, 0.4) is 0 Å². The molecular formula is C44H65N7O10. The standard InChI is InChI=1S/C44H65N7O10/c1-26(2)23-32(38(54)48-34(25-28-13-9-8-10-14-28)41(57)51-22-12-16-35(51)42(58)59)47-37(53)31(15-11-21-45)46-40(56)36(27(3)4)50-39(55)33(49-43(60)61-44(5,6)7)24-29-17-19-30(52)20-18-29/h8-10,13-14,17-20,26-27,31-36,52H,11-12,15-16,21-25,45H2,1-7H3,(H,46,56)(H,47,53)(H,48,54)(H,49,60)(H,50,55)(H,58,59)/t31-,32-,33+,34+,35-,36-/m0/s1. The van der Waals surface area contributed by atoms with Crippen molar-refractivity contribution in [3.63, 3.8) is 0 Å².